The number of carbonyl (C=O) groups excluding carboxylic acids is 1. The predicted molar refractivity (Wildman–Crippen MR) is 75.4 cm³/mol. The summed E-state index contributed by atoms with van der Waals surface area (Å²) in [5.41, 5.74) is 0.791. The van der Waals surface area contributed by atoms with Gasteiger partial charge in [0, 0.05) is 17.8 Å². The SMILES string of the molecule is CC(CN1CCCC1)C(=O)c1cc2ccccc2o1. The number of likely N-dealkylation sites (tertiary alicyclic amines) is 1. The normalized spacial score (nSPS) is 17.9. The van der Waals surface area contributed by atoms with E-state index in [4.69, 9.17) is 4.42 Å². The summed E-state index contributed by atoms with van der Waals surface area (Å²) in [6.07, 6.45) is 2.51. The van der Waals surface area contributed by atoms with E-state index in [1.807, 2.05) is 37.3 Å². The standard InChI is InChI=1S/C16H19NO2/c1-12(11-17-8-4-5-9-17)16(18)15-10-13-6-2-3-7-14(13)19-15/h2-3,6-7,10,12H,4-5,8-9,11H2,1H3. The molecule has 3 heteroatoms. The van der Waals surface area contributed by atoms with Gasteiger partial charge in [0.25, 0.3) is 0 Å². The first-order chi connectivity index (χ1) is 9.24. The van der Waals surface area contributed by atoms with Crippen LogP contribution in [-0.2, 0) is 0 Å². The van der Waals surface area contributed by atoms with Crippen molar-refractivity contribution in [3.63, 3.8) is 0 Å². The van der Waals surface area contributed by atoms with Gasteiger partial charge in [-0.05, 0) is 38.1 Å². The Morgan fingerprint density at radius 1 is 1.32 bits per heavy atom. The second-order valence-corrected chi connectivity index (χ2v) is 5.42. The van der Waals surface area contributed by atoms with Crippen LogP contribution < -0.4 is 0 Å². The van der Waals surface area contributed by atoms with E-state index in [0.717, 1.165) is 30.6 Å². The third-order valence-electron chi connectivity index (χ3n) is 3.85. The summed E-state index contributed by atoms with van der Waals surface area (Å²) in [6, 6.07) is 9.61. The Kier molecular flexibility index (Phi) is 3.38. The molecule has 0 aliphatic carbocycles. The molecule has 0 spiro atoms. The molecule has 3 rings (SSSR count). The monoisotopic (exact) mass is 257 g/mol. The van der Waals surface area contributed by atoms with Crippen molar-refractivity contribution in [2.24, 2.45) is 5.92 Å². The van der Waals surface area contributed by atoms with Gasteiger partial charge in [-0.2, -0.15) is 0 Å². The van der Waals surface area contributed by atoms with Crippen molar-refractivity contribution in [3.8, 4) is 0 Å². The molecule has 1 fully saturated rings. The van der Waals surface area contributed by atoms with Gasteiger partial charge in [-0.1, -0.05) is 25.1 Å². The number of ketones is 1. The lowest BCUT2D eigenvalue weighted by molar-refractivity contribution is 0.0876. The van der Waals surface area contributed by atoms with Crippen LogP contribution in [0.2, 0.25) is 0 Å². The van der Waals surface area contributed by atoms with Crippen molar-refractivity contribution in [1.82, 2.24) is 4.90 Å². The van der Waals surface area contributed by atoms with Crippen molar-refractivity contribution in [1.29, 1.82) is 0 Å². The van der Waals surface area contributed by atoms with Crippen molar-refractivity contribution >= 4 is 16.8 Å². The minimum Gasteiger partial charge on any atom is -0.453 e. The van der Waals surface area contributed by atoms with Crippen molar-refractivity contribution in [2.75, 3.05) is 19.6 Å². The maximum atomic E-state index is 12.4. The van der Waals surface area contributed by atoms with Crippen LogP contribution in [0, 0.1) is 5.92 Å². The number of hydrogen-bond donors (Lipinski definition) is 0. The molecule has 1 aliphatic heterocycles. The Morgan fingerprint density at radius 2 is 2.05 bits per heavy atom. The number of fused-ring (bicyclic) bond motifs is 1. The number of furan rings is 1. The van der Waals surface area contributed by atoms with Crippen LogP contribution in [-0.4, -0.2) is 30.3 Å². The molecule has 1 aromatic heterocycles. The van der Waals surface area contributed by atoms with Crippen molar-refractivity contribution in [3.05, 3.63) is 36.1 Å². The van der Waals surface area contributed by atoms with Gasteiger partial charge in [0.1, 0.15) is 5.58 Å². The van der Waals surface area contributed by atoms with Crippen molar-refractivity contribution < 1.29 is 9.21 Å². The van der Waals surface area contributed by atoms with Crippen LogP contribution in [0.1, 0.15) is 30.3 Å². The van der Waals surface area contributed by atoms with Crippen LogP contribution in [0.15, 0.2) is 34.7 Å². The van der Waals surface area contributed by atoms with E-state index in [1.54, 1.807) is 0 Å². The molecule has 1 unspecified atom stereocenters. The molecule has 1 saturated heterocycles. The minimum absolute atomic E-state index is 0.00124. The first kappa shape index (κ1) is 12.4. The fraction of sp³-hybridized carbons (Fsp3) is 0.438. The number of Topliss-reactive ketones (excluding diaryl/α,β-unsaturated/α-hetero) is 1. The molecule has 2 heterocycles. The van der Waals surface area contributed by atoms with Gasteiger partial charge in [-0.3, -0.25) is 4.79 Å². The second kappa shape index (κ2) is 5.17. The average Bonchev–Trinajstić information content (AvgIpc) is 3.05. The highest BCUT2D eigenvalue weighted by atomic mass is 16.3. The Morgan fingerprint density at radius 3 is 2.79 bits per heavy atom. The van der Waals surface area contributed by atoms with Crippen LogP contribution in [0.3, 0.4) is 0 Å². The molecule has 19 heavy (non-hydrogen) atoms. The molecule has 3 nitrogen and oxygen atoms in total. The number of carbonyl (C=O) groups is 1. The molecule has 2 aromatic rings. The molecule has 1 atom stereocenters. The molecule has 1 aromatic carbocycles. The van der Waals surface area contributed by atoms with E-state index in [0.29, 0.717) is 5.76 Å². The van der Waals surface area contributed by atoms with E-state index in [2.05, 4.69) is 4.90 Å². The van der Waals surface area contributed by atoms with Gasteiger partial charge in [0.05, 0.1) is 0 Å². The van der Waals surface area contributed by atoms with Gasteiger partial charge in [0.2, 0.25) is 5.78 Å². The van der Waals surface area contributed by atoms with Crippen LogP contribution >= 0.6 is 0 Å². The molecular weight excluding hydrogens is 238 g/mol. The first-order valence-electron chi connectivity index (χ1n) is 6.99. The van der Waals surface area contributed by atoms with Gasteiger partial charge >= 0.3 is 0 Å². The Balaban J connectivity index is 1.74. The second-order valence-electron chi connectivity index (χ2n) is 5.42. The van der Waals surface area contributed by atoms with Crippen LogP contribution in [0.5, 0.6) is 0 Å². The Hall–Kier alpha value is -1.61. The Labute approximate surface area is 113 Å². The average molecular weight is 257 g/mol. The summed E-state index contributed by atoms with van der Waals surface area (Å²) in [4.78, 5) is 14.7. The molecule has 1 aliphatic rings. The smallest absolute Gasteiger partial charge is 0.202 e. The number of para-hydroxylation sites is 1. The third kappa shape index (κ3) is 2.56. The van der Waals surface area contributed by atoms with E-state index in [-0.39, 0.29) is 11.7 Å². The van der Waals surface area contributed by atoms with Crippen LogP contribution in [0.25, 0.3) is 11.0 Å². The molecule has 0 N–H and O–H groups in total. The number of nitrogens with zero attached hydrogens (tertiary/aromatic N) is 1. The van der Waals surface area contributed by atoms with Gasteiger partial charge in [-0.25, -0.2) is 0 Å². The zero-order chi connectivity index (χ0) is 13.2. The fourth-order valence-corrected chi connectivity index (χ4v) is 2.78. The highest BCUT2D eigenvalue weighted by Gasteiger charge is 2.23. The lowest BCUT2D eigenvalue weighted by atomic mass is 10.0. The minimum atomic E-state index is -0.00124. The van der Waals surface area contributed by atoms with Crippen LogP contribution in [0.4, 0.5) is 0 Å². The van der Waals surface area contributed by atoms with Gasteiger partial charge in [0.15, 0.2) is 5.76 Å². The summed E-state index contributed by atoms with van der Waals surface area (Å²) < 4.78 is 5.65. The Bertz CT molecular complexity index is 548. The molecular formula is C16H19NO2. The zero-order valence-corrected chi connectivity index (χ0v) is 11.3. The van der Waals surface area contributed by atoms with Crippen molar-refractivity contribution in [2.45, 2.75) is 19.8 Å². The molecule has 100 valence electrons. The number of benzene rings is 1. The van der Waals surface area contributed by atoms with E-state index >= 15 is 0 Å². The summed E-state index contributed by atoms with van der Waals surface area (Å²) >= 11 is 0. The fourth-order valence-electron chi connectivity index (χ4n) is 2.78. The quantitative estimate of drug-likeness (QED) is 0.788. The highest BCUT2D eigenvalue weighted by molar-refractivity contribution is 5.98. The highest BCUT2D eigenvalue weighted by Crippen LogP contribution is 2.22. The topological polar surface area (TPSA) is 33.5 Å². The predicted octanol–water partition coefficient (Wildman–Crippen LogP) is 3.35. The molecule has 0 bridgehead atoms. The van der Waals surface area contributed by atoms with Gasteiger partial charge in [-0.15, -0.1) is 0 Å². The lowest BCUT2D eigenvalue weighted by Crippen LogP contribution is -2.29. The summed E-state index contributed by atoms with van der Waals surface area (Å²) in [5, 5.41) is 0.999. The summed E-state index contributed by atoms with van der Waals surface area (Å²) in [6.45, 7) is 5.08. The lowest BCUT2D eigenvalue weighted by Gasteiger charge is -2.18. The zero-order valence-electron chi connectivity index (χ0n) is 11.3. The number of hydrogen-bond acceptors (Lipinski definition) is 3. The van der Waals surface area contributed by atoms with E-state index in [1.165, 1.54) is 12.8 Å². The van der Waals surface area contributed by atoms with E-state index < -0.39 is 0 Å². The van der Waals surface area contributed by atoms with E-state index in [9.17, 15) is 4.79 Å². The molecule has 0 radical (unpaired) electrons. The largest absolute Gasteiger partial charge is 0.453 e. The first-order valence-corrected chi connectivity index (χ1v) is 6.99. The summed E-state index contributed by atoms with van der Waals surface area (Å²) in [5.74, 6) is 0.606. The summed E-state index contributed by atoms with van der Waals surface area (Å²) in [7, 11) is 0. The molecule has 0 saturated carbocycles. The van der Waals surface area contributed by atoms with Gasteiger partial charge < -0.3 is 9.32 Å². The molecule has 0 amide bonds. The maximum absolute atomic E-state index is 12.4. The maximum Gasteiger partial charge on any atom is 0.202 e. The third-order valence-corrected chi connectivity index (χ3v) is 3.85. The number of rotatable bonds is 4.